The number of nitrogens with zero attached hydrogens (tertiary/aromatic N) is 1. The van der Waals surface area contributed by atoms with Crippen LogP contribution in [-0.4, -0.2) is 35.8 Å². The summed E-state index contributed by atoms with van der Waals surface area (Å²) in [4.78, 5) is 18.5. The summed E-state index contributed by atoms with van der Waals surface area (Å²) in [6.45, 7) is 3.92. The number of amides is 1. The smallest absolute Gasteiger partial charge is 0.253 e. The highest BCUT2D eigenvalue weighted by Crippen LogP contribution is 2.35. The molecule has 0 atom stereocenters. The van der Waals surface area contributed by atoms with Gasteiger partial charge in [0.1, 0.15) is 0 Å². The Balaban J connectivity index is 1.98. The van der Waals surface area contributed by atoms with Crippen molar-refractivity contribution in [3.63, 3.8) is 0 Å². The molecule has 2 rings (SSSR count). The summed E-state index contributed by atoms with van der Waals surface area (Å²) in [6, 6.07) is 9.37. The molecule has 0 radical (unpaired) electrons. The molecule has 1 amide bonds. The fourth-order valence-corrected chi connectivity index (χ4v) is 2.68. The largest absolute Gasteiger partial charge is 0.339 e. The third kappa shape index (κ3) is 3.14. The standard InChI is InChI=1S/C15H21NO3/c1-2-15(12-19-18)8-10-16(11-9-15)14(17)13-6-4-3-5-7-13/h3-7,18H,2,8-12H2,1H3. The van der Waals surface area contributed by atoms with Crippen LogP contribution in [-0.2, 0) is 4.89 Å². The monoisotopic (exact) mass is 263 g/mol. The zero-order valence-electron chi connectivity index (χ0n) is 11.3. The van der Waals surface area contributed by atoms with Gasteiger partial charge < -0.3 is 4.90 Å². The normalized spacial score (nSPS) is 18.3. The van der Waals surface area contributed by atoms with Crippen molar-refractivity contribution in [1.82, 2.24) is 4.90 Å². The summed E-state index contributed by atoms with van der Waals surface area (Å²) >= 11 is 0. The van der Waals surface area contributed by atoms with Crippen LogP contribution in [0.4, 0.5) is 0 Å². The van der Waals surface area contributed by atoms with Gasteiger partial charge in [0.25, 0.3) is 5.91 Å². The molecule has 1 saturated heterocycles. The van der Waals surface area contributed by atoms with Gasteiger partial charge in [0, 0.05) is 18.7 Å². The van der Waals surface area contributed by atoms with E-state index in [0.717, 1.165) is 37.9 Å². The molecule has 1 aliphatic heterocycles. The Bertz CT molecular complexity index is 411. The molecule has 1 N–H and O–H groups in total. The second-order valence-corrected chi connectivity index (χ2v) is 5.29. The lowest BCUT2D eigenvalue weighted by Gasteiger charge is -2.40. The Hall–Kier alpha value is -1.39. The van der Waals surface area contributed by atoms with E-state index in [2.05, 4.69) is 11.8 Å². The summed E-state index contributed by atoms with van der Waals surface area (Å²) in [5.41, 5.74) is 0.757. The van der Waals surface area contributed by atoms with E-state index in [9.17, 15) is 4.79 Å². The minimum absolute atomic E-state index is 0.0161. The Morgan fingerprint density at radius 1 is 1.32 bits per heavy atom. The van der Waals surface area contributed by atoms with Gasteiger partial charge in [-0.15, -0.1) is 0 Å². The third-order valence-corrected chi connectivity index (χ3v) is 4.25. The van der Waals surface area contributed by atoms with Gasteiger partial charge >= 0.3 is 0 Å². The van der Waals surface area contributed by atoms with Crippen LogP contribution in [0.15, 0.2) is 30.3 Å². The van der Waals surface area contributed by atoms with Crippen LogP contribution in [0, 0.1) is 5.41 Å². The lowest BCUT2D eigenvalue weighted by molar-refractivity contribution is -0.266. The van der Waals surface area contributed by atoms with Gasteiger partial charge in [-0.05, 0) is 36.8 Å². The van der Waals surface area contributed by atoms with Crippen molar-refractivity contribution in [3.05, 3.63) is 35.9 Å². The molecule has 0 aromatic heterocycles. The van der Waals surface area contributed by atoms with Crippen LogP contribution in [0.5, 0.6) is 0 Å². The number of hydrogen-bond donors (Lipinski definition) is 1. The summed E-state index contributed by atoms with van der Waals surface area (Å²) in [5, 5.41) is 8.69. The van der Waals surface area contributed by atoms with Crippen LogP contribution in [0.25, 0.3) is 0 Å². The molecule has 1 fully saturated rings. The molecule has 4 heteroatoms. The zero-order valence-corrected chi connectivity index (χ0v) is 11.3. The first kappa shape index (κ1) is 14.0. The van der Waals surface area contributed by atoms with Gasteiger partial charge in [-0.3, -0.25) is 10.1 Å². The third-order valence-electron chi connectivity index (χ3n) is 4.25. The molecule has 0 bridgehead atoms. The average molecular weight is 263 g/mol. The number of benzene rings is 1. The van der Waals surface area contributed by atoms with Gasteiger partial charge in [-0.2, -0.15) is 0 Å². The SMILES string of the molecule is CCC1(COO)CCN(C(=O)c2ccccc2)CC1. The lowest BCUT2D eigenvalue weighted by atomic mass is 9.77. The molecule has 104 valence electrons. The van der Waals surface area contributed by atoms with Crippen LogP contribution in [0.1, 0.15) is 36.5 Å². The number of rotatable bonds is 4. The van der Waals surface area contributed by atoms with E-state index < -0.39 is 0 Å². The first-order valence-corrected chi connectivity index (χ1v) is 6.81. The molecule has 0 spiro atoms. The number of carbonyl (C=O) groups is 1. The van der Waals surface area contributed by atoms with E-state index in [1.807, 2.05) is 35.2 Å². The van der Waals surface area contributed by atoms with E-state index in [1.54, 1.807) is 0 Å². The van der Waals surface area contributed by atoms with E-state index in [4.69, 9.17) is 5.26 Å². The molecule has 1 heterocycles. The van der Waals surface area contributed by atoms with Crippen LogP contribution in [0.2, 0.25) is 0 Å². The van der Waals surface area contributed by atoms with Crippen molar-refractivity contribution in [2.45, 2.75) is 26.2 Å². The van der Waals surface area contributed by atoms with Crippen molar-refractivity contribution in [3.8, 4) is 0 Å². The van der Waals surface area contributed by atoms with Gasteiger partial charge in [0.2, 0.25) is 0 Å². The lowest BCUT2D eigenvalue weighted by Crippen LogP contribution is -2.44. The predicted octanol–water partition coefficient (Wildman–Crippen LogP) is 2.81. The summed E-state index contributed by atoms with van der Waals surface area (Å²) < 4.78 is 0. The maximum absolute atomic E-state index is 12.3. The van der Waals surface area contributed by atoms with Crippen molar-refractivity contribution in [2.24, 2.45) is 5.41 Å². The van der Waals surface area contributed by atoms with Gasteiger partial charge in [0.05, 0.1) is 6.61 Å². The molecule has 1 aromatic carbocycles. The number of hydrogen-bond acceptors (Lipinski definition) is 3. The Labute approximate surface area is 113 Å². The van der Waals surface area contributed by atoms with Crippen LogP contribution in [0.3, 0.4) is 0 Å². The molecule has 1 aliphatic rings. The minimum Gasteiger partial charge on any atom is -0.339 e. The molecule has 0 aliphatic carbocycles. The first-order chi connectivity index (χ1) is 9.21. The maximum atomic E-state index is 12.3. The highest BCUT2D eigenvalue weighted by atomic mass is 17.1. The summed E-state index contributed by atoms with van der Waals surface area (Å²) in [5.74, 6) is 0.0928. The number of likely N-dealkylation sites (tertiary alicyclic amines) is 1. The van der Waals surface area contributed by atoms with Gasteiger partial charge in [-0.25, -0.2) is 4.89 Å². The summed E-state index contributed by atoms with van der Waals surface area (Å²) in [7, 11) is 0. The van der Waals surface area contributed by atoms with Crippen molar-refractivity contribution >= 4 is 5.91 Å². The second-order valence-electron chi connectivity index (χ2n) is 5.29. The second kappa shape index (κ2) is 6.17. The Morgan fingerprint density at radius 2 is 1.95 bits per heavy atom. The molecule has 0 saturated carbocycles. The maximum Gasteiger partial charge on any atom is 0.253 e. The van der Waals surface area contributed by atoms with Crippen molar-refractivity contribution in [1.29, 1.82) is 0 Å². The van der Waals surface area contributed by atoms with Crippen molar-refractivity contribution in [2.75, 3.05) is 19.7 Å². The number of carbonyl (C=O) groups excluding carboxylic acids is 1. The molecule has 0 unspecified atom stereocenters. The Kier molecular flexibility index (Phi) is 4.56. The van der Waals surface area contributed by atoms with Gasteiger partial charge in [0.15, 0.2) is 0 Å². The molecule has 4 nitrogen and oxygen atoms in total. The minimum atomic E-state index is 0.0161. The quantitative estimate of drug-likeness (QED) is 0.671. The first-order valence-electron chi connectivity index (χ1n) is 6.81. The van der Waals surface area contributed by atoms with E-state index in [-0.39, 0.29) is 11.3 Å². The molecule has 19 heavy (non-hydrogen) atoms. The van der Waals surface area contributed by atoms with E-state index in [1.165, 1.54) is 0 Å². The summed E-state index contributed by atoms with van der Waals surface area (Å²) in [6.07, 6.45) is 2.71. The topological polar surface area (TPSA) is 49.8 Å². The molecule has 1 aromatic rings. The van der Waals surface area contributed by atoms with Gasteiger partial charge in [-0.1, -0.05) is 25.1 Å². The van der Waals surface area contributed by atoms with E-state index >= 15 is 0 Å². The van der Waals surface area contributed by atoms with Crippen LogP contribution >= 0.6 is 0 Å². The fraction of sp³-hybridized carbons (Fsp3) is 0.533. The highest BCUT2D eigenvalue weighted by Gasteiger charge is 2.35. The van der Waals surface area contributed by atoms with Crippen LogP contribution < -0.4 is 0 Å². The molecular formula is C15H21NO3. The highest BCUT2D eigenvalue weighted by molar-refractivity contribution is 5.94. The Morgan fingerprint density at radius 3 is 2.47 bits per heavy atom. The number of piperidine rings is 1. The zero-order chi connectivity index (χ0) is 13.7. The molecular weight excluding hydrogens is 242 g/mol. The predicted molar refractivity (Wildman–Crippen MR) is 72.9 cm³/mol. The fourth-order valence-electron chi connectivity index (χ4n) is 2.68. The van der Waals surface area contributed by atoms with Crippen molar-refractivity contribution < 1.29 is 14.9 Å². The van der Waals surface area contributed by atoms with E-state index in [0.29, 0.717) is 6.61 Å². The average Bonchev–Trinajstić information content (AvgIpc) is 2.48.